The van der Waals surface area contributed by atoms with Gasteiger partial charge in [0.15, 0.2) is 0 Å². The second-order valence-corrected chi connectivity index (χ2v) is 10.2. The summed E-state index contributed by atoms with van der Waals surface area (Å²) in [6.45, 7) is 6.31. The molecule has 1 amide bonds. The van der Waals surface area contributed by atoms with Gasteiger partial charge in [-0.05, 0) is 43.9 Å². The third-order valence-corrected chi connectivity index (χ3v) is 6.28. The number of para-hydroxylation sites is 1. The van der Waals surface area contributed by atoms with Crippen LogP contribution >= 0.6 is 0 Å². The average Bonchev–Trinajstić information content (AvgIpc) is 3.17. The van der Waals surface area contributed by atoms with Crippen LogP contribution < -0.4 is 15.5 Å². The second kappa shape index (κ2) is 9.00. The van der Waals surface area contributed by atoms with Crippen LogP contribution in [-0.2, 0) is 12.5 Å². The lowest BCUT2D eigenvalue weighted by atomic mass is 9.91. The average molecular weight is 450 g/mol. The van der Waals surface area contributed by atoms with Crippen molar-refractivity contribution in [1.82, 2.24) is 25.1 Å². The molecule has 0 radical (unpaired) electrons. The fourth-order valence-electron chi connectivity index (χ4n) is 4.34. The maximum atomic E-state index is 12.9. The van der Waals surface area contributed by atoms with Gasteiger partial charge in [0, 0.05) is 44.0 Å². The second-order valence-electron chi connectivity index (χ2n) is 10.2. The van der Waals surface area contributed by atoms with Gasteiger partial charge in [0.1, 0.15) is 11.5 Å². The molecular formula is C25H35N7O. The fraction of sp³-hybridized carbons (Fsp3) is 0.520. The minimum Gasteiger partial charge on any atom is -0.362 e. The summed E-state index contributed by atoms with van der Waals surface area (Å²) < 4.78 is 1.68. The summed E-state index contributed by atoms with van der Waals surface area (Å²) in [6.07, 6.45) is 3.75. The molecule has 33 heavy (non-hydrogen) atoms. The highest BCUT2D eigenvalue weighted by atomic mass is 16.2. The van der Waals surface area contributed by atoms with Crippen LogP contribution in [0.25, 0.3) is 10.9 Å². The van der Waals surface area contributed by atoms with Gasteiger partial charge in [-0.1, -0.05) is 32.9 Å². The fourth-order valence-corrected chi connectivity index (χ4v) is 4.34. The molecule has 1 aliphatic carbocycles. The topological polar surface area (TPSA) is 88.0 Å². The van der Waals surface area contributed by atoms with E-state index in [9.17, 15) is 4.79 Å². The summed E-state index contributed by atoms with van der Waals surface area (Å²) in [5.41, 5.74) is 2.39. The number of hydrogen-bond donors (Lipinski definition) is 2. The summed E-state index contributed by atoms with van der Waals surface area (Å²) in [7, 11) is 5.83. The van der Waals surface area contributed by atoms with Crippen LogP contribution in [-0.4, -0.2) is 51.8 Å². The molecular weight excluding hydrogens is 414 g/mol. The molecule has 0 bridgehead atoms. The number of amides is 1. The van der Waals surface area contributed by atoms with Crippen molar-refractivity contribution in [3.8, 4) is 0 Å². The number of hydrogen-bond acceptors (Lipinski definition) is 6. The van der Waals surface area contributed by atoms with Crippen LogP contribution in [0.4, 0.5) is 11.8 Å². The van der Waals surface area contributed by atoms with Gasteiger partial charge in [-0.15, -0.1) is 0 Å². The molecule has 8 heteroatoms. The molecule has 8 nitrogen and oxygen atoms in total. The van der Waals surface area contributed by atoms with E-state index in [1.54, 1.807) is 4.68 Å². The summed E-state index contributed by atoms with van der Waals surface area (Å²) in [5, 5.41) is 12.3. The first-order valence-electron chi connectivity index (χ1n) is 11.7. The van der Waals surface area contributed by atoms with Gasteiger partial charge in [0.25, 0.3) is 5.91 Å². The van der Waals surface area contributed by atoms with E-state index >= 15 is 0 Å². The van der Waals surface area contributed by atoms with Crippen molar-refractivity contribution in [3.63, 3.8) is 0 Å². The number of rotatable bonds is 5. The Hall–Kier alpha value is -3.16. The van der Waals surface area contributed by atoms with Crippen molar-refractivity contribution in [2.24, 2.45) is 7.05 Å². The SMILES string of the molecule is CN(C)c1nc(N[C@H]2CC[C@@H](NC(=O)c3cc(C(C)(C)C)nn3C)CC2)nc2ccccc12. The lowest BCUT2D eigenvalue weighted by Gasteiger charge is -2.30. The molecule has 0 spiro atoms. The van der Waals surface area contributed by atoms with Gasteiger partial charge in [-0.3, -0.25) is 9.48 Å². The van der Waals surface area contributed by atoms with Crippen LogP contribution in [0.3, 0.4) is 0 Å². The van der Waals surface area contributed by atoms with Crippen LogP contribution in [0.15, 0.2) is 30.3 Å². The lowest BCUT2D eigenvalue weighted by molar-refractivity contribution is 0.0917. The molecule has 1 fully saturated rings. The smallest absolute Gasteiger partial charge is 0.269 e. The number of anilines is 2. The Balaban J connectivity index is 1.37. The van der Waals surface area contributed by atoms with Gasteiger partial charge < -0.3 is 15.5 Å². The molecule has 0 aliphatic heterocycles. The number of carbonyl (C=O) groups excluding carboxylic acids is 1. The van der Waals surface area contributed by atoms with E-state index in [0.29, 0.717) is 17.7 Å². The normalized spacial score (nSPS) is 18.8. The largest absolute Gasteiger partial charge is 0.362 e. The third-order valence-electron chi connectivity index (χ3n) is 6.28. The zero-order valence-corrected chi connectivity index (χ0v) is 20.5. The van der Waals surface area contributed by atoms with Gasteiger partial charge in [-0.25, -0.2) is 4.98 Å². The van der Waals surface area contributed by atoms with Gasteiger partial charge in [0.05, 0.1) is 11.2 Å². The van der Waals surface area contributed by atoms with Crippen molar-refractivity contribution in [1.29, 1.82) is 0 Å². The number of carbonyl (C=O) groups is 1. The Bertz CT molecular complexity index is 1140. The Morgan fingerprint density at radius 1 is 1.06 bits per heavy atom. The quantitative estimate of drug-likeness (QED) is 0.615. The molecule has 1 aliphatic rings. The van der Waals surface area contributed by atoms with Gasteiger partial charge >= 0.3 is 0 Å². The minimum absolute atomic E-state index is 0.0506. The Morgan fingerprint density at radius 2 is 1.73 bits per heavy atom. The monoisotopic (exact) mass is 449 g/mol. The van der Waals surface area contributed by atoms with Crippen molar-refractivity contribution >= 4 is 28.6 Å². The van der Waals surface area contributed by atoms with E-state index < -0.39 is 0 Å². The highest BCUT2D eigenvalue weighted by molar-refractivity contribution is 5.93. The maximum Gasteiger partial charge on any atom is 0.269 e. The minimum atomic E-state index is -0.0860. The van der Waals surface area contributed by atoms with Crippen molar-refractivity contribution in [2.75, 3.05) is 24.3 Å². The zero-order valence-electron chi connectivity index (χ0n) is 20.5. The van der Waals surface area contributed by atoms with E-state index in [0.717, 1.165) is 48.1 Å². The van der Waals surface area contributed by atoms with E-state index in [1.807, 2.05) is 50.3 Å². The van der Waals surface area contributed by atoms with Crippen LogP contribution in [0, 0.1) is 0 Å². The van der Waals surface area contributed by atoms with Crippen molar-refractivity contribution < 1.29 is 4.79 Å². The summed E-state index contributed by atoms with van der Waals surface area (Å²) in [5.74, 6) is 1.52. The molecule has 176 valence electrons. The Kier molecular flexibility index (Phi) is 6.28. The molecule has 4 rings (SSSR count). The first kappa shape index (κ1) is 23.0. The van der Waals surface area contributed by atoms with Gasteiger partial charge in [-0.2, -0.15) is 10.1 Å². The number of nitrogens with one attached hydrogen (secondary N) is 2. The Morgan fingerprint density at radius 3 is 2.36 bits per heavy atom. The molecule has 1 saturated carbocycles. The van der Waals surface area contributed by atoms with Crippen LogP contribution in [0.1, 0.15) is 62.6 Å². The lowest BCUT2D eigenvalue weighted by Crippen LogP contribution is -2.40. The molecule has 1 aromatic carbocycles. The predicted octanol–water partition coefficient (Wildman–Crippen LogP) is 3.88. The van der Waals surface area contributed by atoms with Crippen molar-refractivity contribution in [2.45, 2.75) is 64.0 Å². The number of aromatic nitrogens is 4. The highest BCUT2D eigenvalue weighted by Crippen LogP contribution is 2.27. The third kappa shape index (κ3) is 5.10. The molecule has 0 atom stereocenters. The first-order chi connectivity index (χ1) is 15.6. The van der Waals surface area contributed by atoms with Gasteiger partial charge in [0.2, 0.25) is 5.95 Å². The number of nitrogens with zero attached hydrogens (tertiary/aromatic N) is 5. The predicted molar refractivity (Wildman–Crippen MR) is 133 cm³/mol. The molecule has 2 N–H and O–H groups in total. The van der Waals surface area contributed by atoms with E-state index in [2.05, 4.69) is 42.6 Å². The van der Waals surface area contributed by atoms with E-state index in [-0.39, 0.29) is 17.4 Å². The summed E-state index contributed by atoms with van der Waals surface area (Å²) in [4.78, 5) is 24.4. The van der Waals surface area contributed by atoms with Crippen molar-refractivity contribution in [3.05, 3.63) is 41.7 Å². The number of aryl methyl sites for hydroxylation is 1. The molecule has 2 heterocycles. The summed E-state index contributed by atoms with van der Waals surface area (Å²) >= 11 is 0. The molecule has 0 saturated heterocycles. The first-order valence-corrected chi connectivity index (χ1v) is 11.7. The zero-order chi connectivity index (χ0) is 23.8. The molecule has 2 aromatic heterocycles. The molecule has 3 aromatic rings. The summed E-state index contributed by atoms with van der Waals surface area (Å²) in [6, 6.07) is 10.4. The van der Waals surface area contributed by atoms with Crippen LogP contribution in [0.2, 0.25) is 0 Å². The highest BCUT2D eigenvalue weighted by Gasteiger charge is 2.26. The van der Waals surface area contributed by atoms with E-state index in [1.165, 1.54) is 0 Å². The standard InChI is InChI=1S/C25H35N7O/c1-25(2,3)21-15-20(32(6)30-21)23(33)26-16-11-13-17(14-12-16)27-24-28-19-10-8-7-9-18(19)22(29-24)31(4)5/h7-10,15-17H,11-14H2,1-6H3,(H,26,33)(H,27,28,29)/t16-,17+. The van der Waals surface area contributed by atoms with E-state index in [4.69, 9.17) is 9.97 Å². The maximum absolute atomic E-state index is 12.9. The van der Waals surface area contributed by atoms with Crippen LogP contribution in [0.5, 0.6) is 0 Å². The molecule has 0 unspecified atom stereocenters. The number of fused-ring (bicyclic) bond motifs is 1. The Labute approximate surface area is 195 Å². The number of benzene rings is 1.